The number of aromatic nitrogens is 2. The molecule has 2 aromatic rings. The predicted octanol–water partition coefficient (Wildman–Crippen LogP) is 1.24. The van der Waals surface area contributed by atoms with Crippen LogP contribution in [0.15, 0.2) is 42.7 Å². The van der Waals surface area contributed by atoms with Gasteiger partial charge in [0.2, 0.25) is 10.0 Å². The summed E-state index contributed by atoms with van der Waals surface area (Å²) in [4.78, 5) is 6.55. The van der Waals surface area contributed by atoms with Crippen molar-refractivity contribution in [2.75, 3.05) is 26.7 Å². The number of nitrogens with zero attached hydrogens (tertiary/aromatic N) is 4. The van der Waals surface area contributed by atoms with E-state index in [1.165, 1.54) is 0 Å². The van der Waals surface area contributed by atoms with Crippen LogP contribution >= 0.6 is 0 Å². The molecule has 0 amide bonds. The van der Waals surface area contributed by atoms with Crippen molar-refractivity contribution < 1.29 is 8.42 Å². The predicted molar refractivity (Wildman–Crippen MR) is 89.2 cm³/mol. The Hall–Kier alpha value is -1.70. The van der Waals surface area contributed by atoms with Gasteiger partial charge in [-0.05, 0) is 12.6 Å². The first-order valence-corrected chi connectivity index (χ1v) is 9.27. The zero-order valence-corrected chi connectivity index (χ0v) is 14.3. The van der Waals surface area contributed by atoms with Gasteiger partial charge >= 0.3 is 0 Å². The van der Waals surface area contributed by atoms with Crippen LogP contribution in [0.25, 0.3) is 0 Å². The summed E-state index contributed by atoms with van der Waals surface area (Å²) in [5.74, 6) is 0.942. The van der Waals surface area contributed by atoms with Gasteiger partial charge in [0.1, 0.15) is 5.82 Å². The van der Waals surface area contributed by atoms with E-state index in [1.54, 1.807) is 10.5 Å². The highest BCUT2D eigenvalue weighted by Gasteiger charge is 2.34. The molecule has 0 saturated carbocycles. The van der Waals surface area contributed by atoms with E-state index in [4.69, 9.17) is 0 Å². The van der Waals surface area contributed by atoms with Gasteiger partial charge in [-0.25, -0.2) is 13.4 Å². The summed E-state index contributed by atoms with van der Waals surface area (Å²) in [6.07, 6.45) is 3.64. The zero-order chi connectivity index (χ0) is 16.4. The molecule has 6 nitrogen and oxygen atoms in total. The average molecular weight is 334 g/mol. The zero-order valence-electron chi connectivity index (χ0n) is 13.5. The van der Waals surface area contributed by atoms with Gasteiger partial charge in [0, 0.05) is 39.1 Å². The third kappa shape index (κ3) is 3.46. The number of benzene rings is 1. The fraction of sp³-hybridized carbons (Fsp3) is 0.438. The highest BCUT2D eigenvalue weighted by molar-refractivity contribution is 7.88. The molecule has 0 N–H and O–H groups in total. The number of sulfonamides is 1. The fourth-order valence-corrected chi connectivity index (χ4v) is 4.48. The van der Waals surface area contributed by atoms with Gasteiger partial charge in [0.25, 0.3) is 0 Å². The SMILES string of the molecule is CN1CCN(S(=O)(=O)Cc2ccccc2)C[C@@H]1c1nccn1C. The van der Waals surface area contributed by atoms with Crippen molar-refractivity contribution in [2.45, 2.75) is 11.8 Å². The van der Waals surface area contributed by atoms with Crippen LogP contribution in [0.3, 0.4) is 0 Å². The molecule has 3 rings (SSSR count). The van der Waals surface area contributed by atoms with Crippen LogP contribution in [0.4, 0.5) is 0 Å². The minimum atomic E-state index is -3.33. The number of hydrogen-bond acceptors (Lipinski definition) is 4. The lowest BCUT2D eigenvalue weighted by Crippen LogP contribution is -2.49. The van der Waals surface area contributed by atoms with Crippen molar-refractivity contribution in [3.8, 4) is 0 Å². The van der Waals surface area contributed by atoms with Crippen molar-refractivity contribution in [3.63, 3.8) is 0 Å². The Morgan fingerprint density at radius 1 is 1.17 bits per heavy atom. The third-order valence-electron chi connectivity index (χ3n) is 4.35. The van der Waals surface area contributed by atoms with Gasteiger partial charge in [-0.15, -0.1) is 0 Å². The molecule has 0 spiro atoms. The Balaban J connectivity index is 1.79. The molecule has 1 aromatic carbocycles. The molecule has 1 atom stereocenters. The van der Waals surface area contributed by atoms with Crippen LogP contribution in [0.1, 0.15) is 17.4 Å². The average Bonchev–Trinajstić information content (AvgIpc) is 2.94. The molecule has 1 aromatic heterocycles. The van der Waals surface area contributed by atoms with Crippen LogP contribution < -0.4 is 0 Å². The van der Waals surface area contributed by atoms with Crippen LogP contribution in [0.5, 0.6) is 0 Å². The summed E-state index contributed by atoms with van der Waals surface area (Å²) in [6, 6.07) is 9.31. The van der Waals surface area contributed by atoms with Gasteiger partial charge in [0.05, 0.1) is 11.8 Å². The number of hydrogen-bond donors (Lipinski definition) is 0. The number of piperazine rings is 1. The van der Waals surface area contributed by atoms with Gasteiger partial charge in [-0.1, -0.05) is 30.3 Å². The van der Waals surface area contributed by atoms with Crippen molar-refractivity contribution in [3.05, 3.63) is 54.1 Å². The highest BCUT2D eigenvalue weighted by Crippen LogP contribution is 2.25. The van der Waals surface area contributed by atoms with Crippen molar-refractivity contribution >= 4 is 10.0 Å². The summed E-state index contributed by atoms with van der Waals surface area (Å²) < 4.78 is 29.0. The standard InChI is InChI=1S/C16H22N4O2S/c1-18-10-11-20(12-15(18)16-17-8-9-19(16)2)23(21,22)13-14-6-4-3-5-7-14/h3-9,15H,10-13H2,1-2H3/t15-/m1/s1. The van der Waals surface area contributed by atoms with Gasteiger partial charge in [0.15, 0.2) is 0 Å². The lowest BCUT2D eigenvalue weighted by atomic mass is 10.2. The second kappa shape index (κ2) is 6.43. The third-order valence-corrected chi connectivity index (χ3v) is 6.17. The van der Waals surface area contributed by atoms with Crippen molar-refractivity contribution in [2.24, 2.45) is 7.05 Å². The molecular weight excluding hydrogens is 312 g/mol. The molecule has 124 valence electrons. The van der Waals surface area contributed by atoms with E-state index >= 15 is 0 Å². The van der Waals surface area contributed by atoms with E-state index < -0.39 is 10.0 Å². The molecular formula is C16H22N4O2S. The monoisotopic (exact) mass is 334 g/mol. The molecule has 1 saturated heterocycles. The van der Waals surface area contributed by atoms with Crippen LogP contribution in [-0.4, -0.2) is 53.9 Å². The minimum absolute atomic E-state index is 0.0192. The van der Waals surface area contributed by atoms with E-state index in [1.807, 2.05) is 55.2 Å². The maximum Gasteiger partial charge on any atom is 0.218 e. The maximum absolute atomic E-state index is 12.7. The highest BCUT2D eigenvalue weighted by atomic mass is 32.2. The van der Waals surface area contributed by atoms with Gasteiger partial charge in [-0.3, -0.25) is 4.90 Å². The first kappa shape index (κ1) is 16.2. The molecule has 0 aliphatic carbocycles. The van der Waals surface area contributed by atoms with Gasteiger partial charge < -0.3 is 4.57 Å². The molecule has 1 aliphatic heterocycles. The Morgan fingerprint density at radius 2 is 1.91 bits per heavy atom. The topological polar surface area (TPSA) is 58.4 Å². The first-order chi connectivity index (χ1) is 11.0. The molecule has 0 bridgehead atoms. The number of aryl methyl sites for hydroxylation is 1. The van der Waals surface area contributed by atoms with Crippen LogP contribution in [0, 0.1) is 0 Å². The van der Waals surface area contributed by atoms with E-state index in [9.17, 15) is 8.42 Å². The maximum atomic E-state index is 12.7. The Labute approximate surface area is 137 Å². The smallest absolute Gasteiger partial charge is 0.218 e. The number of rotatable bonds is 4. The largest absolute Gasteiger partial charge is 0.337 e. The normalized spacial score (nSPS) is 20.7. The minimum Gasteiger partial charge on any atom is -0.337 e. The number of likely N-dealkylation sites (N-methyl/N-ethyl adjacent to an activating group) is 1. The van der Waals surface area contributed by atoms with E-state index in [0.29, 0.717) is 19.6 Å². The summed E-state index contributed by atoms with van der Waals surface area (Å²) in [7, 11) is 0.625. The van der Waals surface area contributed by atoms with Crippen molar-refractivity contribution in [1.29, 1.82) is 0 Å². The summed E-state index contributed by atoms with van der Waals surface area (Å²) >= 11 is 0. The van der Waals surface area contributed by atoms with Gasteiger partial charge in [-0.2, -0.15) is 4.31 Å². The second-order valence-electron chi connectivity index (χ2n) is 5.99. The Kier molecular flexibility index (Phi) is 4.52. The van der Waals surface area contributed by atoms with Crippen LogP contribution in [-0.2, 0) is 22.8 Å². The Morgan fingerprint density at radius 3 is 2.57 bits per heavy atom. The fourth-order valence-electron chi connectivity index (χ4n) is 2.95. The molecule has 23 heavy (non-hydrogen) atoms. The number of imidazole rings is 1. The molecule has 1 aliphatic rings. The van der Waals surface area contributed by atoms with E-state index in [-0.39, 0.29) is 11.8 Å². The van der Waals surface area contributed by atoms with E-state index in [2.05, 4.69) is 9.88 Å². The molecule has 1 fully saturated rings. The summed E-state index contributed by atoms with van der Waals surface area (Å²) in [6.45, 7) is 1.66. The van der Waals surface area contributed by atoms with Crippen LogP contribution in [0.2, 0.25) is 0 Å². The van der Waals surface area contributed by atoms with E-state index in [0.717, 1.165) is 11.4 Å². The summed E-state index contributed by atoms with van der Waals surface area (Å²) in [5, 5.41) is 0. The first-order valence-electron chi connectivity index (χ1n) is 7.66. The Bertz CT molecular complexity index is 757. The lowest BCUT2D eigenvalue weighted by Gasteiger charge is -2.38. The van der Waals surface area contributed by atoms with Crippen molar-refractivity contribution in [1.82, 2.24) is 18.8 Å². The molecule has 7 heteroatoms. The second-order valence-corrected chi connectivity index (χ2v) is 7.96. The lowest BCUT2D eigenvalue weighted by molar-refractivity contribution is 0.140. The molecule has 2 heterocycles. The quantitative estimate of drug-likeness (QED) is 0.844. The molecule has 0 unspecified atom stereocenters. The summed E-state index contributed by atoms with van der Waals surface area (Å²) in [5.41, 5.74) is 0.819. The molecule has 0 radical (unpaired) electrons.